The smallest absolute Gasteiger partial charge is 0.399 e. The molecule has 5 rings (SSSR count). The van der Waals surface area contributed by atoms with E-state index >= 15 is 0 Å². The molecule has 0 aliphatic carbocycles. The number of amides is 1. The molecular weight excluding hydrogens is 457 g/mol. The van der Waals surface area contributed by atoms with Crippen molar-refractivity contribution in [3.05, 3.63) is 41.5 Å². The van der Waals surface area contributed by atoms with Crippen LogP contribution in [-0.4, -0.2) is 78.8 Å². The molecule has 0 aromatic heterocycles. The van der Waals surface area contributed by atoms with E-state index < -0.39 is 30.1 Å². The molecule has 2 fully saturated rings. The first-order chi connectivity index (χ1) is 17.1. The summed E-state index contributed by atoms with van der Waals surface area (Å²) in [6.45, 7) is 12.0. The van der Waals surface area contributed by atoms with Gasteiger partial charge in [-0.3, -0.25) is 19.3 Å². The quantitative estimate of drug-likeness (QED) is 0.373. The lowest BCUT2D eigenvalue weighted by molar-refractivity contribution is -0.135. The van der Waals surface area contributed by atoms with E-state index in [9.17, 15) is 14.4 Å². The zero-order valence-corrected chi connectivity index (χ0v) is 21.5. The van der Waals surface area contributed by atoms with Crippen LogP contribution in [0.2, 0.25) is 0 Å². The fraction of sp³-hybridized carbons (Fsp3) is 0.519. The first-order valence-corrected chi connectivity index (χ1v) is 12.7. The second-order valence-electron chi connectivity index (χ2n) is 10.9. The lowest BCUT2D eigenvalue weighted by Gasteiger charge is -2.36. The van der Waals surface area contributed by atoms with Gasteiger partial charge in [-0.05, 0) is 55.1 Å². The molecule has 36 heavy (non-hydrogen) atoms. The predicted molar refractivity (Wildman–Crippen MR) is 138 cm³/mol. The van der Waals surface area contributed by atoms with Crippen LogP contribution in [0, 0.1) is 0 Å². The summed E-state index contributed by atoms with van der Waals surface area (Å²) in [4.78, 5) is 41.2. The van der Waals surface area contributed by atoms with Crippen LogP contribution in [-0.2, 0) is 30.2 Å². The number of hydrogen-bond acceptors (Lipinski definition) is 7. The fourth-order valence-corrected chi connectivity index (χ4v) is 5.49. The van der Waals surface area contributed by atoms with Gasteiger partial charge < -0.3 is 19.5 Å². The first kappa shape index (κ1) is 25.1. The fourth-order valence-electron chi connectivity index (χ4n) is 5.49. The molecule has 0 bridgehead atoms. The summed E-state index contributed by atoms with van der Waals surface area (Å²) in [7, 11) is -0.533. The van der Waals surface area contributed by atoms with Crippen LogP contribution in [0.5, 0.6) is 0 Å². The Morgan fingerprint density at radius 2 is 1.78 bits per heavy atom. The number of aldehydes is 1. The zero-order valence-electron chi connectivity index (χ0n) is 21.5. The van der Waals surface area contributed by atoms with Gasteiger partial charge in [0.25, 0.3) is 0 Å². The monoisotopic (exact) mass is 491 g/mol. The van der Waals surface area contributed by atoms with Gasteiger partial charge in [-0.1, -0.05) is 30.3 Å². The van der Waals surface area contributed by atoms with E-state index in [1.54, 1.807) is 0 Å². The van der Waals surface area contributed by atoms with E-state index in [0.717, 1.165) is 40.5 Å². The second-order valence-corrected chi connectivity index (χ2v) is 10.9. The van der Waals surface area contributed by atoms with Crippen molar-refractivity contribution in [1.82, 2.24) is 15.1 Å². The average Bonchev–Trinajstić information content (AvgIpc) is 3.09. The van der Waals surface area contributed by atoms with E-state index in [0.29, 0.717) is 38.9 Å². The Labute approximate surface area is 212 Å². The van der Waals surface area contributed by atoms with Gasteiger partial charge in [0.1, 0.15) is 6.04 Å². The number of rotatable bonds is 6. The van der Waals surface area contributed by atoms with Gasteiger partial charge >= 0.3 is 7.12 Å². The summed E-state index contributed by atoms with van der Waals surface area (Å²) in [5.74, 6) is -0.419. The molecule has 2 saturated heterocycles. The Kier molecular flexibility index (Phi) is 6.53. The van der Waals surface area contributed by atoms with Crippen molar-refractivity contribution >= 4 is 41.3 Å². The van der Waals surface area contributed by atoms with Crippen molar-refractivity contribution in [3.63, 3.8) is 0 Å². The van der Waals surface area contributed by atoms with Gasteiger partial charge in [-0.25, -0.2) is 0 Å². The number of carbonyl (C=O) groups excluding carboxylic acids is 3. The molecule has 2 aromatic carbocycles. The van der Waals surface area contributed by atoms with Crippen LogP contribution in [0.15, 0.2) is 30.3 Å². The molecule has 190 valence electrons. The lowest BCUT2D eigenvalue weighted by atomic mass is 9.73. The van der Waals surface area contributed by atoms with Crippen molar-refractivity contribution in [1.29, 1.82) is 0 Å². The summed E-state index contributed by atoms with van der Waals surface area (Å²) in [5.41, 5.74) is 1.82. The van der Waals surface area contributed by atoms with Gasteiger partial charge in [0.05, 0.1) is 11.2 Å². The Hall–Kier alpha value is -2.59. The van der Waals surface area contributed by atoms with E-state index in [2.05, 4.69) is 5.32 Å². The molecule has 2 aromatic rings. The maximum Gasteiger partial charge on any atom is 0.495 e. The van der Waals surface area contributed by atoms with Crippen LogP contribution >= 0.6 is 0 Å². The Bertz CT molecular complexity index is 1190. The molecule has 3 heterocycles. The topological polar surface area (TPSA) is 88.2 Å². The predicted octanol–water partition coefficient (Wildman–Crippen LogP) is 1.59. The molecule has 1 atom stereocenters. The summed E-state index contributed by atoms with van der Waals surface area (Å²) < 4.78 is 12.7. The van der Waals surface area contributed by atoms with Crippen molar-refractivity contribution < 1.29 is 23.7 Å². The average molecular weight is 491 g/mol. The second kappa shape index (κ2) is 9.37. The zero-order chi connectivity index (χ0) is 25.7. The molecule has 3 aliphatic rings. The molecule has 1 unspecified atom stereocenters. The molecule has 9 heteroatoms. The van der Waals surface area contributed by atoms with Crippen molar-refractivity contribution in [2.45, 2.75) is 57.9 Å². The number of hydrogen-bond donors (Lipinski definition) is 1. The minimum atomic E-state index is -0.719. The number of nitrogens with zero attached hydrogens (tertiary/aromatic N) is 2. The highest BCUT2D eigenvalue weighted by Crippen LogP contribution is 2.40. The molecule has 0 radical (unpaired) electrons. The third-order valence-corrected chi connectivity index (χ3v) is 8.20. The first-order valence-electron chi connectivity index (χ1n) is 12.7. The van der Waals surface area contributed by atoms with Crippen LogP contribution in [0.4, 0.5) is 0 Å². The van der Waals surface area contributed by atoms with Crippen LogP contribution in [0.3, 0.4) is 0 Å². The Morgan fingerprint density at radius 3 is 2.44 bits per heavy atom. The van der Waals surface area contributed by atoms with E-state index in [1.165, 1.54) is 0 Å². The van der Waals surface area contributed by atoms with Crippen molar-refractivity contribution in [2.75, 3.05) is 32.7 Å². The number of carbonyl (C=O) groups is 3. The maximum atomic E-state index is 12.9. The highest BCUT2D eigenvalue weighted by Gasteiger charge is 2.52. The Balaban J connectivity index is 1.47. The largest absolute Gasteiger partial charge is 0.495 e. The van der Waals surface area contributed by atoms with Gasteiger partial charge in [0, 0.05) is 45.7 Å². The summed E-state index contributed by atoms with van der Waals surface area (Å²) in [6, 6.07) is 9.22. The normalized spacial score (nSPS) is 23.2. The van der Waals surface area contributed by atoms with Gasteiger partial charge in [-0.15, -0.1) is 0 Å². The summed E-state index contributed by atoms with van der Waals surface area (Å²) in [5, 5.41) is 5.18. The minimum absolute atomic E-state index is 0.0777. The van der Waals surface area contributed by atoms with E-state index in [-0.39, 0.29) is 5.91 Å². The third kappa shape index (κ3) is 4.28. The number of benzene rings is 2. The number of piperazine rings is 1. The summed E-state index contributed by atoms with van der Waals surface area (Å²) >= 11 is 0. The molecule has 0 saturated carbocycles. The molecular formula is C27H34BN3O5. The lowest BCUT2D eigenvalue weighted by Crippen LogP contribution is -2.47. The van der Waals surface area contributed by atoms with Gasteiger partial charge in [0.2, 0.25) is 11.7 Å². The SMILES string of the molecule is CC1(C)OB(c2ccc3c4c(cccc24)CN(CCC(=O)N2CCNCC2)C3C(=O)C=O)OC1(C)C. The molecule has 1 amide bonds. The number of nitrogens with one attached hydrogen (secondary N) is 1. The van der Waals surface area contributed by atoms with Gasteiger partial charge in [0.15, 0.2) is 6.29 Å². The minimum Gasteiger partial charge on any atom is -0.399 e. The highest BCUT2D eigenvalue weighted by atomic mass is 16.7. The van der Waals surface area contributed by atoms with Crippen LogP contribution in [0.1, 0.15) is 51.3 Å². The molecule has 0 spiro atoms. The summed E-state index contributed by atoms with van der Waals surface area (Å²) in [6.07, 6.45) is 0.706. The molecule has 3 aliphatic heterocycles. The van der Waals surface area contributed by atoms with Crippen LogP contribution in [0.25, 0.3) is 10.8 Å². The van der Waals surface area contributed by atoms with E-state index in [4.69, 9.17) is 9.31 Å². The number of ketones is 1. The van der Waals surface area contributed by atoms with Gasteiger partial charge in [-0.2, -0.15) is 0 Å². The standard InChI is InChI=1S/C27H34BN3O5/c1-26(2)27(3,4)36-28(35-26)21-9-8-20-24-18(6-5-7-19(21)24)16-31(25(20)22(33)17-32)13-10-23(34)30-14-11-29-12-15-30/h5-9,17,25,29H,10-16H2,1-4H3. The van der Waals surface area contributed by atoms with Crippen molar-refractivity contribution in [3.8, 4) is 0 Å². The Morgan fingerprint density at radius 1 is 1.08 bits per heavy atom. The van der Waals surface area contributed by atoms with Crippen LogP contribution < -0.4 is 10.8 Å². The molecule has 8 nitrogen and oxygen atoms in total. The van der Waals surface area contributed by atoms with Crippen molar-refractivity contribution in [2.24, 2.45) is 0 Å². The third-order valence-electron chi connectivity index (χ3n) is 8.20. The number of Topliss-reactive ketones (excluding diaryl/α,β-unsaturated/α-hetero) is 1. The maximum absolute atomic E-state index is 12.9. The highest BCUT2D eigenvalue weighted by molar-refractivity contribution is 6.65. The molecule has 1 N–H and O–H groups in total. The van der Waals surface area contributed by atoms with E-state index in [1.807, 2.05) is 67.8 Å².